The summed E-state index contributed by atoms with van der Waals surface area (Å²) in [5.74, 6) is 0. The van der Waals surface area contributed by atoms with E-state index in [0.717, 1.165) is 11.0 Å². The van der Waals surface area contributed by atoms with Gasteiger partial charge in [-0.3, -0.25) is 0 Å². The maximum atomic E-state index is 6.29. The van der Waals surface area contributed by atoms with Crippen LogP contribution in [0.25, 0.3) is 16.4 Å². The Kier molecular flexibility index (Phi) is 2.75. The lowest BCUT2D eigenvalue weighted by atomic mass is 9.77. The second-order valence-electron chi connectivity index (χ2n) is 6.97. The van der Waals surface area contributed by atoms with Crippen LogP contribution in [-0.2, 0) is 9.31 Å². The van der Waals surface area contributed by atoms with Crippen molar-refractivity contribution < 1.29 is 9.31 Å². The molecule has 0 radical (unpaired) electrons. The van der Waals surface area contributed by atoms with Crippen LogP contribution in [0.4, 0.5) is 0 Å². The summed E-state index contributed by atoms with van der Waals surface area (Å²) in [4.78, 5) is 0. The average Bonchev–Trinajstić information content (AvgIpc) is 2.90. The van der Waals surface area contributed by atoms with Crippen LogP contribution in [0.5, 0.6) is 0 Å². The van der Waals surface area contributed by atoms with Gasteiger partial charge in [0.15, 0.2) is 0 Å². The molecule has 4 rings (SSSR count). The van der Waals surface area contributed by atoms with Gasteiger partial charge in [-0.2, -0.15) is 0 Å². The minimum absolute atomic E-state index is 0.332. The van der Waals surface area contributed by atoms with Gasteiger partial charge in [-0.1, -0.05) is 24.3 Å². The Hall–Kier alpha value is -1.78. The highest BCUT2D eigenvalue weighted by Gasteiger charge is 2.52. The molecule has 0 atom stereocenters. The van der Waals surface area contributed by atoms with Crippen molar-refractivity contribution in [1.82, 2.24) is 4.40 Å². The third kappa shape index (κ3) is 1.77. The number of aromatic nitrogens is 1. The minimum Gasteiger partial charge on any atom is -0.399 e. The highest BCUT2D eigenvalue weighted by Crippen LogP contribution is 2.37. The molecule has 4 heteroatoms. The van der Waals surface area contributed by atoms with Gasteiger partial charge in [-0.25, -0.2) is 0 Å². The number of hydrogen-bond acceptors (Lipinski definition) is 2. The molecule has 3 nitrogen and oxygen atoms in total. The molecule has 0 aliphatic carbocycles. The molecule has 1 aliphatic rings. The quantitative estimate of drug-likeness (QED) is 0.642. The molecule has 0 saturated carbocycles. The van der Waals surface area contributed by atoms with Crippen molar-refractivity contribution in [2.45, 2.75) is 38.9 Å². The first kappa shape index (κ1) is 13.9. The predicted molar refractivity (Wildman–Crippen MR) is 90.6 cm³/mol. The molecule has 0 N–H and O–H groups in total. The van der Waals surface area contributed by atoms with Crippen molar-refractivity contribution in [1.29, 1.82) is 0 Å². The van der Waals surface area contributed by atoms with Crippen LogP contribution in [0.1, 0.15) is 27.7 Å². The lowest BCUT2D eigenvalue weighted by Crippen LogP contribution is -2.41. The highest BCUT2D eigenvalue weighted by atomic mass is 16.7. The zero-order valence-electron chi connectivity index (χ0n) is 13.5. The summed E-state index contributed by atoms with van der Waals surface area (Å²) in [6.45, 7) is 8.36. The Balaban J connectivity index is 1.99. The summed E-state index contributed by atoms with van der Waals surface area (Å²) in [7, 11) is -0.345. The topological polar surface area (TPSA) is 22.9 Å². The number of pyridine rings is 1. The Labute approximate surface area is 131 Å². The summed E-state index contributed by atoms with van der Waals surface area (Å²) in [6, 6.07) is 14.6. The Bertz CT molecular complexity index is 797. The number of para-hydroxylation sites is 1. The number of fused-ring (bicyclic) bond motifs is 3. The molecule has 3 heterocycles. The first-order valence-electron chi connectivity index (χ1n) is 7.74. The largest absolute Gasteiger partial charge is 0.497 e. The normalized spacial score (nSPS) is 20.1. The van der Waals surface area contributed by atoms with Crippen molar-refractivity contribution in [2.75, 3.05) is 0 Å². The lowest BCUT2D eigenvalue weighted by Gasteiger charge is -2.32. The van der Waals surface area contributed by atoms with Crippen LogP contribution in [0.2, 0.25) is 0 Å². The zero-order chi connectivity index (χ0) is 15.5. The summed E-state index contributed by atoms with van der Waals surface area (Å²) < 4.78 is 14.8. The van der Waals surface area contributed by atoms with Crippen LogP contribution in [0.3, 0.4) is 0 Å². The van der Waals surface area contributed by atoms with Gasteiger partial charge in [0.25, 0.3) is 0 Å². The number of hydrogen-bond donors (Lipinski definition) is 0. The molecule has 1 saturated heterocycles. The van der Waals surface area contributed by atoms with Crippen LogP contribution in [0, 0.1) is 0 Å². The third-order valence-corrected chi connectivity index (χ3v) is 5.08. The van der Waals surface area contributed by atoms with Crippen LogP contribution in [0.15, 0.2) is 48.7 Å². The second kappa shape index (κ2) is 4.37. The molecular weight excluding hydrogens is 273 g/mol. The van der Waals surface area contributed by atoms with E-state index in [1.807, 2.05) is 6.07 Å². The molecule has 0 amide bonds. The fourth-order valence-corrected chi connectivity index (χ4v) is 3.13. The summed E-state index contributed by atoms with van der Waals surface area (Å²) >= 11 is 0. The molecule has 22 heavy (non-hydrogen) atoms. The molecular formula is C18H20BNO2. The molecule has 1 aromatic carbocycles. The fourth-order valence-electron chi connectivity index (χ4n) is 3.13. The lowest BCUT2D eigenvalue weighted by molar-refractivity contribution is 0.00578. The minimum atomic E-state index is -0.345. The van der Waals surface area contributed by atoms with E-state index in [1.54, 1.807) is 0 Å². The van der Waals surface area contributed by atoms with Crippen LogP contribution < -0.4 is 5.46 Å². The monoisotopic (exact) mass is 293 g/mol. The van der Waals surface area contributed by atoms with E-state index >= 15 is 0 Å². The number of nitrogens with zero attached hydrogens (tertiary/aromatic N) is 1. The zero-order valence-corrected chi connectivity index (χ0v) is 13.5. The summed E-state index contributed by atoms with van der Waals surface area (Å²) in [6.07, 6.45) is 2.09. The van der Waals surface area contributed by atoms with Gasteiger partial charge in [-0.05, 0) is 45.9 Å². The fraction of sp³-hybridized carbons (Fsp3) is 0.333. The van der Waals surface area contributed by atoms with E-state index in [9.17, 15) is 0 Å². The van der Waals surface area contributed by atoms with Gasteiger partial charge in [0.05, 0.1) is 16.7 Å². The van der Waals surface area contributed by atoms with Crippen LogP contribution in [-0.4, -0.2) is 22.7 Å². The smallest absolute Gasteiger partial charge is 0.399 e. The molecule has 1 fully saturated rings. The van der Waals surface area contributed by atoms with Crippen molar-refractivity contribution in [2.24, 2.45) is 0 Å². The standard InChI is InChI=1S/C18H20BNO2/c1-17(2)18(3,4)22-19(21-17)16-13-9-5-6-10-14(13)20-12-8-7-11-15(16)20/h5-12H,1-4H3. The van der Waals surface area contributed by atoms with E-state index < -0.39 is 0 Å². The Morgan fingerprint density at radius 2 is 1.41 bits per heavy atom. The number of rotatable bonds is 1. The highest BCUT2D eigenvalue weighted by molar-refractivity contribution is 6.67. The van der Waals surface area contributed by atoms with Gasteiger partial charge in [0.1, 0.15) is 0 Å². The van der Waals surface area contributed by atoms with Gasteiger partial charge in [0, 0.05) is 22.6 Å². The average molecular weight is 293 g/mol. The van der Waals surface area contributed by atoms with Crippen molar-refractivity contribution in [3.8, 4) is 0 Å². The first-order chi connectivity index (χ1) is 10.4. The third-order valence-electron chi connectivity index (χ3n) is 5.08. The van der Waals surface area contributed by atoms with Crippen LogP contribution >= 0.6 is 0 Å². The molecule has 0 unspecified atom stereocenters. The van der Waals surface area contributed by atoms with Crippen molar-refractivity contribution in [3.63, 3.8) is 0 Å². The van der Waals surface area contributed by atoms with Gasteiger partial charge < -0.3 is 13.7 Å². The molecule has 2 aromatic heterocycles. The van der Waals surface area contributed by atoms with Gasteiger partial charge in [0.2, 0.25) is 0 Å². The summed E-state index contributed by atoms with van der Waals surface area (Å²) in [5.41, 5.74) is 2.78. The van der Waals surface area contributed by atoms with E-state index in [0.29, 0.717) is 0 Å². The van der Waals surface area contributed by atoms with Gasteiger partial charge >= 0.3 is 7.12 Å². The molecule has 112 valence electrons. The number of benzene rings is 1. The van der Waals surface area contributed by atoms with E-state index in [4.69, 9.17) is 9.31 Å². The predicted octanol–water partition coefficient (Wildman–Crippen LogP) is 3.39. The maximum absolute atomic E-state index is 6.29. The molecule has 3 aromatic rings. The van der Waals surface area contributed by atoms with E-state index in [-0.39, 0.29) is 18.3 Å². The summed E-state index contributed by atoms with van der Waals surface area (Å²) in [5, 5.41) is 1.19. The second-order valence-corrected chi connectivity index (χ2v) is 6.97. The first-order valence-corrected chi connectivity index (χ1v) is 7.74. The van der Waals surface area contributed by atoms with Crippen molar-refractivity contribution >= 4 is 29.0 Å². The Morgan fingerprint density at radius 1 is 0.818 bits per heavy atom. The van der Waals surface area contributed by atoms with E-state index in [1.165, 1.54) is 10.9 Å². The maximum Gasteiger partial charge on any atom is 0.497 e. The van der Waals surface area contributed by atoms with Crippen molar-refractivity contribution in [3.05, 3.63) is 48.7 Å². The molecule has 1 aliphatic heterocycles. The molecule has 0 spiro atoms. The molecule has 0 bridgehead atoms. The Morgan fingerprint density at radius 3 is 2.14 bits per heavy atom. The van der Waals surface area contributed by atoms with E-state index in [2.05, 4.69) is 74.7 Å². The SMILES string of the molecule is CC1(C)OB(c2c3ccccc3n3ccccc23)OC1(C)C. The van der Waals surface area contributed by atoms with Gasteiger partial charge in [-0.15, -0.1) is 0 Å².